The van der Waals surface area contributed by atoms with Crippen LogP contribution in [0.25, 0.3) is 0 Å². The fraction of sp³-hybridized carbons (Fsp3) is 0.0909. The molecule has 0 spiro atoms. The molecule has 7 heteroatoms. The fourth-order valence-corrected chi connectivity index (χ4v) is 2.46. The Kier molecular flexibility index (Phi) is 6.28. The Morgan fingerprint density at radius 3 is 2.55 bits per heavy atom. The number of nitrogens with one attached hydrogen (secondary N) is 2. The molecule has 0 radical (unpaired) electrons. The van der Waals surface area contributed by atoms with E-state index in [4.69, 9.17) is 15.6 Å². The van der Waals surface area contributed by atoms with Crippen LogP contribution in [0.4, 0.5) is 10.1 Å². The molecule has 0 bridgehead atoms. The molecule has 0 fully saturated rings. The smallest absolute Gasteiger partial charge is 0.291 e. The Bertz CT molecular complexity index is 1050. The van der Waals surface area contributed by atoms with Crippen LogP contribution in [0.15, 0.2) is 65.1 Å². The van der Waals surface area contributed by atoms with E-state index in [0.29, 0.717) is 17.2 Å². The number of hydrogen-bond acceptors (Lipinski definition) is 4. The van der Waals surface area contributed by atoms with Crippen LogP contribution in [-0.4, -0.2) is 18.4 Å². The van der Waals surface area contributed by atoms with E-state index in [1.807, 2.05) is 0 Å². The van der Waals surface area contributed by atoms with Crippen molar-refractivity contribution in [2.45, 2.75) is 6.61 Å². The highest BCUT2D eigenvalue weighted by Gasteiger charge is 2.16. The molecule has 3 rings (SSSR count). The number of amides is 2. The van der Waals surface area contributed by atoms with E-state index in [0.717, 1.165) is 0 Å². The van der Waals surface area contributed by atoms with E-state index in [1.54, 1.807) is 30.3 Å². The summed E-state index contributed by atoms with van der Waals surface area (Å²) in [5.74, 6) is 1.99. The maximum atomic E-state index is 12.9. The molecule has 0 aliphatic carbocycles. The fourth-order valence-electron chi connectivity index (χ4n) is 2.46. The molecule has 2 amide bonds. The number of carbonyl (C=O) groups is 2. The summed E-state index contributed by atoms with van der Waals surface area (Å²) in [7, 11) is 0. The molecule has 3 aromatic rings. The average molecular weight is 392 g/mol. The first kappa shape index (κ1) is 19.7. The van der Waals surface area contributed by atoms with Crippen LogP contribution in [0.5, 0.6) is 5.75 Å². The van der Waals surface area contributed by atoms with E-state index in [1.165, 1.54) is 30.3 Å². The molecule has 0 aliphatic heterocycles. The molecule has 29 heavy (non-hydrogen) atoms. The van der Waals surface area contributed by atoms with Gasteiger partial charge in [0.2, 0.25) is 0 Å². The lowest BCUT2D eigenvalue weighted by molar-refractivity contribution is 0.0959. The summed E-state index contributed by atoms with van der Waals surface area (Å²) < 4.78 is 23.9. The lowest BCUT2D eigenvalue weighted by Crippen LogP contribution is -2.25. The summed E-state index contributed by atoms with van der Waals surface area (Å²) in [5.41, 5.74) is 0.607. The van der Waals surface area contributed by atoms with Gasteiger partial charge in [0.25, 0.3) is 11.8 Å². The average Bonchev–Trinajstić information content (AvgIpc) is 3.21. The van der Waals surface area contributed by atoms with Gasteiger partial charge in [-0.3, -0.25) is 9.59 Å². The summed E-state index contributed by atoms with van der Waals surface area (Å²) in [4.78, 5) is 24.6. The molecule has 1 aromatic heterocycles. The molecule has 2 aromatic carbocycles. The van der Waals surface area contributed by atoms with E-state index >= 15 is 0 Å². The quantitative estimate of drug-likeness (QED) is 0.602. The molecule has 146 valence electrons. The second kappa shape index (κ2) is 9.24. The third-order valence-corrected chi connectivity index (χ3v) is 3.85. The predicted octanol–water partition coefficient (Wildman–Crippen LogP) is 3.61. The van der Waals surface area contributed by atoms with E-state index in [9.17, 15) is 14.0 Å². The number of rotatable bonds is 7. The minimum Gasteiger partial charge on any atom is -0.486 e. The van der Waals surface area contributed by atoms with Crippen LogP contribution in [0.1, 0.15) is 26.7 Å². The summed E-state index contributed by atoms with van der Waals surface area (Å²) in [6.07, 6.45) is 5.15. The molecule has 0 saturated heterocycles. The van der Waals surface area contributed by atoms with Crippen molar-refractivity contribution in [2.75, 3.05) is 11.9 Å². The number of carbonyl (C=O) groups excluding carboxylic acids is 2. The van der Waals surface area contributed by atoms with Crippen LogP contribution >= 0.6 is 0 Å². The Morgan fingerprint density at radius 2 is 1.79 bits per heavy atom. The Hall–Kier alpha value is -4.05. The number of anilines is 1. The third-order valence-electron chi connectivity index (χ3n) is 3.85. The monoisotopic (exact) mass is 392 g/mol. The number of terminal acetylenes is 1. The van der Waals surface area contributed by atoms with Crippen LogP contribution in [0.2, 0.25) is 0 Å². The highest BCUT2D eigenvalue weighted by molar-refractivity contribution is 6.07. The van der Waals surface area contributed by atoms with Crippen molar-refractivity contribution in [1.29, 1.82) is 0 Å². The van der Waals surface area contributed by atoms with Gasteiger partial charge in [0.1, 0.15) is 23.9 Å². The summed E-state index contributed by atoms with van der Waals surface area (Å²) >= 11 is 0. The summed E-state index contributed by atoms with van der Waals surface area (Å²) in [5, 5.41) is 5.20. The molecule has 1 heterocycles. The minimum atomic E-state index is -0.518. The first-order valence-corrected chi connectivity index (χ1v) is 8.66. The van der Waals surface area contributed by atoms with Crippen molar-refractivity contribution >= 4 is 17.5 Å². The van der Waals surface area contributed by atoms with Gasteiger partial charge in [-0.15, -0.1) is 6.42 Å². The molecular weight excluding hydrogens is 375 g/mol. The number of benzene rings is 2. The molecule has 6 nitrogen and oxygen atoms in total. The van der Waals surface area contributed by atoms with Crippen LogP contribution in [0.3, 0.4) is 0 Å². The van der Waals surface area contributed by atoms with Gasteiger partial charge in [-0.2, -0.15) is 0 Å². The predicted molar refractivity (Wildman–Crippen MR) is 105 cm³/mol. The van der Waals surface area contributed by atoms with Gasteiger partial charge in [-0.25, -0.2) is 4.39 Å². The van der Waals surface area contributed by atoms with Crippen molar-refractivity contribution in [3.8, 4) is 18.1 Å². The Labute approximate surface area is 166 Å². The lowest BCUT2D eigenvalue weighted by Gasteiger charge is -2.09. The normalized spacial score (nSPS) is 10.1. The highest BCUT2D eigenvalue weighted by Crippen LogP contribution is 2.18. The van der Waals surface area contributed by atoms with E-state index in [2.05, 4.69) is 16.6 Å². The van der Waals surface area contributed by atoms with Gasteiger partial charge >= 0.3 is 0 Å². The zero-order valence-electron chi connectivity index (χ0n) is 15.3. The maximum absolute atomic E-state index is 12.9. The van der Waals surface area contributed by atoms with Gasteiger partial charge in [-0.1, -0.05) is 18.1 Å². The molecule has 0 saturated carbocycles. The SMILES string of the molecule is C#CCNC(=O)c1ccccc1NC(=O)c1ccc(COc2ccc(F)cc2)o1. The first-order valence-electron chi connectivity index (χ1n) is 8.66. The zero-order chi connectivity index (χ0) is 20.6. The van der Waals surface area contributed by atoms with Gasteiger partial charge in [-0.05, 0) is 48.5 Å². The molecule has 2 N–H and O–H groups in total. The van der Waals surface area contributed by atoms with Gasteiger partial charge in [0.15, 0.2) is 5.76 Å². The number of furan rings is 1. The number of hydrogen-bond donors (Lipinski definition) is 2. The van der Waals surface area contributed by atoms with E-state index in [-0.39, 0.29) is 30.3 Å². The zero-order valence-corrected chi connectivity index (χ0v) is 15.3. The third kappa shape index (κ3) is 5.23. The van der Waals surface area contributed by atoms with Crippen molar-refractivity contribution in [1.82, 2.24) is 5.32 Å². The maximum Gasteiger partial charge on any atom is 0.291 e. The van der Waals surface area contributed by atoms with Gasteiger partial charge in [0.05, 0.1) is 17.8 Å². The van der Waals surface area contributed by atoms with Crippen LogP contribution in [0, 0.1) is 18.2 Å². The van der Waals surface area contributed by atoms with E-state index < -0.39 is 11.8 Å². The van der Waals surface area contributed by atoms with Gasteiger partial charge < -0.3 is 19.8 Å². The minimum absolute atomic E-state index is 0.0570. The molecule has 0 atom stereocenters. The van der Waals surface area contributed by atoms with Crippen LogP contribution < -0.4 is 15.4 Å². The number of halogens is 1. The number of para-hydroxylation sites is 1. The van der Waals surface area contributed by atoms with Crippen molar-refractivity contribution in [3.63, 3.8) is 0 Å². The Balaban J connectivity index is 1.64. The topological polar surface area (TPSA) is 80.6 Å². The summed E-state index contributed by atoms with van der Waals surface area (Å²) in [6, 6.07) is 15.2. The lowest BCUT2D eigenvalue weighted by atomic mass is 10.1. The van der Waals surface area contributed by atoms with Crippen molar-refractivity contribution in [2.24, 2.45) is 0 Å². The molecule has 0 aliphatic rings. The summed E-state index contributed by atoms with van der Waals surface area (Å²) in [6.45, 7) is 0.153. The second-order valence-corrected chi connectivity index (χ2v) is 5.90. The van der Waals surface area contributed by atoms with Crippen molar-refractivity contribution < 1.29 is 23.1 Å². The first-order chi connectivity index (χ1) is 14.1. The van der Waals surface area contributed by atoms with Crippen molar-refractivity contribution in [3.05, 3.63) is 83.6 Å². The standard InChI is InChI=1S/C22H17FN2O4/c1-2-13-24-21(26)18-5-3-4-6-19(18)25-22(27)20-12-11-17(29-20)14-28-16-9-7-15(23)8-10-16/h1,3-12H,13-14H2,(H,24,26)(H,25,27). The molecular formula is C22H17FN2O4. The number of ether oxygens (including phenoxy) is 1. The van der Waals surface area contributed by atoms with Gasteiger partial charge in [0, 0.05) is 0 Å². The second-order valence-electron chi connectivity index (χ2n) is 5.90. The largest absolute Gasteiger partial charge is 0.486 e. The Morgan fingerprint density at radius 1 is 1.03 bits per heavy atom. The molecule has 0 unspecified atom stereocenters. The van der Waals surface area contributed by atoms with Crippen LogP contribution in [-0.2, 0) is 6.61 Å². The highest BCUT2D eigenvalue weighted by atomic mass is 19.1.